The molecular weight excluding hydrogens is 321 g/mol. The fraction of sp³-hybridized carbons (Fsp3) is 0.600. The van der Waals surface area contributed by atoms with Gasteiger partial charge in [0.2, 0.25) is 5.69 Å². The van der Waals surface area contributed by atoms with E-state index in [1.807, 2.05) is 0 Å². The number of anilines is 1. The van der Waals surface area contributed by atoms with Crippen LogP contribution in [0.25, 0.3) is 4.85 Å². The summed E-state index contributed by atoms with van der Waals surface area (Å²) in [6.07, 6.45) is 0.746. The van der Waals surface area contributed by atoms with Gasteiger partial charge in [-0.2, -0.15) is 0 Å². The molecule has 1 N–H and O–H groups in total. The molecule has 0 aliphatic carbocycles. The summed E-state index contributed by atoms with van der Waals surface area (Å²) in [7, 11) is -1.74. The highest BCUT2D eigenvalue weighted by Crippen LogP contribution is 2.36. The molecule has 0 spiro atoms. The molecule has 0 saturated heterocycles. The smallest absolute Gasteiger partial charge is 0.226 e. The maximum Gasteiger partial charge on any atom is 0.226 e. The fourth-order valence-electron chi connectivity index (χ4n) is 1.48. The zero-order chi connectivity index (χ0) is 17.0. The van der Waals surface area contributed by atoms with Crippen molar-refractivity contribution >= 4 is 31.4 Å². The zero-order valence-electron chi connectivity index (χ0n) is 13.8. The largest absolute Gasteiger partial charge is 0.417 e. The van der Waals surface area contributed by atoms with Crippen LogP contribution in [0.15, 0.2) is 6.07 Å². The molecule has 0 aromatic carbocycles. The van der Waals surface area contributed by atoms with Crippen molar-refractivity contribution in [3.63, 3.8) is 0 Å². The first-order valence-electron chi connectivity index (χ1n) is 7.20. The Labute approximate surface area is 138 Å². The Balaban J connectivity index is 2.47. The third-order valence-corrected chi connectivity index (χ3v) is 8.73. The average molecular weight is 344 g/mol. The summed E-state index contributed by atoms with van der Waals surface area (Å²) in [5.74, 6) is -0.495. The summed E-state index contributed by atoms with van der Waals surface area (Å²) < 4.78 is 19.8. The summed E-state index contributed by atoms with van der Waals surface area (Å²) in [5, 5.41) is 3.08. The predicted octanol–water partition coefficient (Wildman–Crippen LogP) is 5.25. The van der Waals surface area contributed by atoms with Crippen molar-refractivity contribution in [3.8, 4) is 0 Å². The van der Waals surface area contributed by atoms with Crippen molar-refractivity contribution < 1.29 is 8.82 Å². The van der Waals surface area contributed by atoms with E-state index in [2.05, 4.69) is 49.0 Å². The number of nitrogens with zero attached hydrogens (tertiary/aromatic N) is 2. The van der Waals surface area contributed by atoms with Crippen LogP contribution in [0.1, 0.15) is 27.2 Å². The number of pyridine rings is 1. The number of hydrogen-bond donors (Lipinski definition) is 1. The van der Waals surface area contributed by atoms with Gasteiger partial charge in [-0.3, -0.25) is 0 Å². The molecule has 0 atom stereocenters. The van der Waals surface area contributed by atoms with Gasteiger partial charge < -0.3 is 9.74 Å². The average Bonchev–Trinajstić information content (AvgIpc) is 2.40. The van der Waals surface area contributed by atoms with Gasteiger partial charge in [0.05, 0.1) is 6.57 Å². The standard InChI is InChI=1S/C15H23ClFN3OSi/c1-15(2,3)22(5,6)21-9-7-8-19-14-11(17)10-12(18-4)13(16)20-14/h10H,7-9H2,1-3,5-6H3,(H,19,20). The Hall–Kier alpha value is -1.16. The molecule has 22 heavy (non-hydrogen) atoms. The van der Waals surface area contributed by atoms with E-state index in [0.29, 0.717) is 13.2 Å². The van der Waals surface area contributed by atoms with Crippen molar-refractivity contribution in [1.82, 2.24) is 4.98 Å². The molecular formula is C15H23ClFN3OSi. The highest BCUT2D eigenvalue weighted by molar-refractivity contribution is 6.74. The summed E-state index contributed by atoms with van der Waals surface area (Å²) in [6, 6.07) is 1.09. The molecule has 0 aliphatic rings. The van der Waals surface area contributed by atoms with E-state index in [0.717, 1.165) is 12.5 Å². The quantitative estimate of drug-likeness (QED) is 0.332. The van der Waals surface area contributed by atoms with Crippen LogP contribution in [0.2, 0.25) is 23.3 Å². The number of hydrogen-bond acceptors (Lipinski definition) is 3. The van der Waals surface area contributed by atoms with Crippen molar-refractivity contribution in [1.29, 1.82) is 0 Å². The lowest BCUT2D eigenvalue weighted by atomic mass is 10.2. The van der Waals surface area contributed by atoms with Crippen LogP contribution in [-0.4, -0.2) is 26.5 Å². The minimum Gasteiger partial charge on any atom is -0.417 e. The van der Waals surface area contributed by atoms with E-state index in [-0.39, 0.29) is 21.7 Å². The van der Waals surface area contributed by atoms with Crippen LogP contribution in [-0.2, 0) is 4.43 Å². The van der Waals surface area contributed by atoms with Crippen LogP contribution >= 0.6 is 11.6 Å². The lowest BCUT2D eigenvalue weighted by Crippen LogP contribution is -2.41. The normalized spacial score (nSPS) is 12.1. The molecule has 0 aliphatic heterocycles. The molecule has 1 rings (SSSR count). The fourth-order valence-corrected chi connectivity index (χ4v) is 2.75. The molecule has 0 bridgehead atoms. The van der Waals surface area contributed by atoms with E-state index in [9.17, 15) is 4.39 Å². The number of aromatic nitrogens is 1. The highest BCUT2D eigenvalue weighted by Gasteiger charge is 2.36. The van der Waals surface area contributed by atoms with Gasteiger partial charge in [0.1, 0.15) is 5.15 Å². The van der Waals surface area contributed by atoms with Crippen LogP contribution in [0, 0.1) is 12.4 Å². The first-order valence-corrected chi connectivity index (χ1v) is 10.5. The number of rotatable bonds is 6. The third-order valence-electron chi connectivity index (χ3n) is 3.91. The predicted molar refractivity (Wildman–Crippen MR) is 91.7 cm³/mol. The maximum absolute atomic E-state index is 13.7. The minimum absolute atomic E-state index is 0.0106. The first kappa shape index (κ1) is 18.9. The van der Waals surface area contributed by atoms with Crippen LogP contribution in [0.3, 0.4) is 0 Å². The summed E-state index contributed by atoms with van der Waals surface area (Å²) in [6.45, 7) is 19.0. The van der Waals surface area contributed by atoms with Gasteiger partial charge in [-0.15, -0.1) is 0 Å². The Morgan fingerprint density at radius 1 is 1.45 bits per heavy atom. The van der Waals surface area contributed by atoms with Gasteiger partial charge in [0.15, 0.2) is 20.0 Å². The van der Waals surface area contributed by atoms with Crippen LogP contribution in [0.4, 0.5) is 15.9 Å². The Bertz CT molecular complexity index is 567. The third kappa shape index (κ3) is 4.94. The Morgan fingerprint density at radius 2 is 2.09 bits per heavy atom. The SMILES string of the molecule is [C-]#[N+]c1cc(F)c(NCCCO[Si](C)(C)C(C)(C)C)nc1Cl. The second kappa shape index (κ2) is 7.40. The van der Waals surface area contributed by atoms with E-state index in [4.69, 9.17) is 22.6 Å². The second-order valence-electron chi connectivity index (χ2n) is 6.63. The zero-order valence-corrected chi connectivity index (χ0v) is 15.5. The van der Waals surface area contributed by atoms with Gasteiger partial charge >= 0.3 is 0 Å². The van der Waals surface area contributed by atoms with E-state index >= 15 is 0 Å². The molecule has 4 nitrogen and oxygen atoms in total. The molecule has 7 heteroatoms. The number of halogens is 2. The molecule has 0 saturated carbocycles. The monoisotopic (exact) mass is 343 g/mol. The molecule has 1 heterocycles. The van der Waals surface area contributed by atoms with Crippen LogP contribution < -0.4 is 5.32 Å². The first-order chi connectivity index (χ1) is 10.1. The maximum atomic E-state index is 13.7. The van der Waals surface area contributed by atoms with Crippen molar-refractivity contribution in [2.45, 2.75) is 45.3 Å². The topological polar surface area (TPSA) is 38.5 Å². The summed E-state index contributed by atoms with van der Waals surface area (Å²) >= 11 is 5.80. The van der Waals surface area contributed by atoms with Gasteiger partial charge in [0, 0.05) is 13.2 Å². The molecule has 0 unspecified atom stereocenters. The Morgan fingerprint density at radius 3 is 2.64 bits per heavy atom. The minimum atomic E-state index is -1.74. The van der Waals surface area contributed by atoms with E-state index < -0.39 is 14.1 Å². The van der Waals surface area contributed by atoms with E-state index in [1.54, 1.807) is 0 Å². The number of nitrogens with one attached hydrogen (secondary N) is 1. The lowest BCUT2D eigenvalue weighted by molar-refractivity contribution is 0.286. The molecule has 1 aromatic rings. The summed E-state index contributed by atoms with van der Waals surface area (Å²) in [4.78, 5) is 6.97. The van der Waals surface area contributed by atoms with Crippen molar-refractivity contribution in [2.24, 2.45) is 0 Å². The highest BCUT2D eigenvalue weighted by atomic mass is 35.5. The molecule has 1 aromatic heterocycles. The van der Waals surface area contributed by atoms with Gasteiger partial charge in [-0.1, -0.05) is 32.4 Å². The van der Waals surface area contributed by atoms with E-state index in [1.165, 1.54) is 0 Å². The Kier molecular flexibility index (Phi) is 6.35. The van der Waals surface area contributed by atoms with Gasteiger partial charge in [-0.05, 0) is 30.6 Å². The molecule has 0 fully saturated rings. The van der Waals surface area contributed by atoms with Gasteiger partial charge in [0.25, 0.3) is 0 Å². The molecule has 0 amide bonds. The second-order valence-corrected chi connectivity index (χ2v) is 11.8. The van der Waals surface area contributed by atoms with Gasteiger partial charge in [-0.25, -0.2) is 14.2 Å². The molecule has 0 radical (unpaired) electrons. The summed E-state index contributed by atoms with van der Waals surface area (Å²) in [5.41, 5.74) is 0.0194. The van der Waals surface area contributed by atoms with Crippen molar-refractivity contribution in [2.75, 3.05) is 18.5 Å². The molecule has 122 valence electrons. The van der Waals surface area contributed by atoms with Crippen molar-refractivity contribution in [3.05, 3.63) is 28.5 Å². The van der Waals surface area contributed by atoms with Crippen LogP contribution in [0.5, 0.6) is 0 Å². The lowest BCUT2D eigenvalue weighted by Gasteiger charge is -2.36.